The second kappa shape index (κ2) is 5.54. The minimum atomic E-state index is 0.357. The number of hydrogen-bond acceptors (Lipinski definition) is 2. The lowest BCUT2D eigenvalue weighted by Crippen LogP contribution is -2.39. The maximum atomic E-state index is 9.29. The van der Waals surface area contributed by atoms with E-state index in [9.17, 15) is 5.11 Å². The third-order valence-electron chi connectivity index (χ3n) is 4.05. The third-order valence-corrected chi connectivity index (χ3v) is 4.05. The molecular weight excluding hydrogens is 210 g/mol. The molecule has 1 aliphatic rings. The monoisotopic (exact) mass is 233 g/mol. The van der Waals surface area contributed by atoms with E-state index in [1.54, 1.807) is 12.1 Å². The van der Waals surface area contributed by atoms with E-state index < -0.39 is 0 Å². The Bertz CT molecular complexity index is 346. The Labute approximate surface area is 104 Å². The Kier molecular flexibility index (Phi) is 4.06. The minimum Gasteiger partial charge on any atom is -0.508 e. The second-order valence-electron chi connectivity index (χ2n) is 5.44. The van der Waals surface area contributed by atoms with Crippen molar-refractivity contribution in [1.29, 1.82) is 0 Å². The highest BCUT2D eigenvalue weighted by Gasteiger charge is 2.27. The predicted molar refractivity (Wildman–Crippen MR) is 71.2 cm³/mol. The molecule has 0 saturated heterocycles. The molecule has 0 aliphatic heterocycles. The van der Waals surface area contributed by atoms with Gasteiger partial charge in [-0.1, -0.05) is 19.1 Å². The summed E-state index contributed by atoms with van der Waals surface area (Å²) in [7, 11) is 2.07. The summed E-state index contributed by atoms with van der Waals surface area (Å²) in [6.45, 7) is 2.36. The molecule has 0 bridgehead atoms. The number of rotatable bonds is 3. The van der Waals surface area contributed by atoms with Gasteiger partial charge in [-0.15, -0.1) is 0 Å². The van der Waals surface area contributed by atoms with Gasteiger partial charge in [0.05, 0.1) is 0 Å². The van der Waals surface area contributed by atoms with Crippen molar-refractivity contribution in [3.8, 4) is 5.75 Å². The SMILES string of the molecule is CNC1CCC(C)CC1Cc1ccc(O)cc1. The molecule has 0 radical (unpaired) electrons. The van der Waals surface area contributed by atoms with Crippen LogP contribution >= 0.6 is 0 Å². The first-order valence-corrected chi connectivity index (χ1v) is 6.64. The van der Waals surface area contributed by atoms with E-state index in [1.807, 2.05) is 12.1 Å². The summed E-state index contributed by atoms with van der Waals surface area (Å²) < 4.78 is 0. The fourth-order valence-corrected chi connectivity index (χ4v) is 3.04. The zero-order valence-corrected chi connectivity index (χ0v) is 10.8. The fourth-order valence-electron chi connectivity index (χ4n) is 3.04. The van der Waals surface area contributed by atoms with Crippen LogP contribution in [0, 0.1) is 11.8 Å². The van der Waals surface area contributed by atoms with Crippen molar-refractivity contribution in [1.82, 2.24) is 5.32 Å². The van der Waals surface area contributed by atoms with Gasteiger partial charge >= 0.3 is 0 Å². The van der Waals surface area contributed by atoms with Crippen LogP contribution in [-0.2, 0) is 6.42 Å². The molecule has 2 nitrogen and oxygen atoms in total. The van der Waals surface area contributed by atoms with Crippen molar-refractivity contribution in [3.63, 3.8) is 0 Å². The minimum absolute atomic E-state index is 0.357. The number of hydrogen-bond donors (Lipinski definition) is 2. The average Bonchev–Trinajstić information content (AvgIpc) is 2.32. The lowest BCUT2D eigenvalue weighted by molar-refractivity contribution is 0.220. The van der Waals surface area contributed by atoms with E-state index in [0.29, 0.717) is 11.8 Å². The summed E-state index contributed by atoms with van der Waals surface area (Å²) in [5, 5.41) is 12.7. The molecular formula is C15H23NO. The molecule has 3 unspecified atom stereocenters. The van der Waals surface area contributed by atoms with Crippen LogP contribution in [0.15, 0.2) is 24.3 Å². The van der Waals surface area contributed by atoms with E-state index in [4.69, 9.17) is 0 Å². The molecule has 1 aliphatic carbocycles. The topological polar surface area (TPSA) is 32.3 Å². The summed E-state index contributed by atoms with van der Waals surface area (Å²) in [6, 6.07) is 8.31. The molecule has 2 N–H and O–H groups in total. The van der Waals surface area contributed by atoms with Crippen LogP contribution in [0.25, 0.3) is 0 Å². The number of benzene rings is 1. The molecule has 0 heterocycles. The highest BCUT2D eigenvalue weighted by Crippen LogP contribution is 2.31. The van der Waals surface area contributed by atoms with Gasteiger partial charge in [-0.2, -0.15) is 0 Å². The number of phenolic OH excluding ortho intramolecular Hbond substituents is 1. The maximum absolute atomic E-state index is 9.29. The Hall–Kier alpha value is -1.02. The second-order valence-corrected chi connectivity index (χ2v) is 5.44. The van der Waals surface area contributed by atoms with E-state index in [1.165, 1.54) is 24.8 Å². The first-order valence-electron chi connectivity index (χ1n) is 6.64. The summed E-state index contributed by atoms with van der Waals surface area (Å²) in [4.78, 5) is 0. The van der Waals surface area contributed by atoms with Gasteiger partial charge in [-0.3, -0.25) is 0 Å². The van der Waals surface area contributed by atoms with Gasteiger partial charge in [0, 0.05) is 6.04 Å². The number of aromatic hydroxyl groups is 1. The van der Waals surface area contributed by atoms with Crippen LogP contribution in [0.1, 0.15) is 31.7 Å². The molecule has 2 heteroatoms. The van der Waals surface area contributed by atoms with Crippen molar-refractivity contribution in [2.75, 3.05) is 7.05 Å². The van der Waals surface area contributed by atoms with Crippen LogP contribution in [0.3, 0.4) is 0 Å². The third kappa shape index (κ3) is 3.22. The van der Waals surface area contributed by atoms with Crippen LogP contribution < -0.4 is 5.32 Å². The normalized spacial score (nSPS) is 29.2. The molecule has 1 fully saturated rings. The highest BCUT2D eigenvalue weighted by atomic mass is 16.3. The van der Waals surface area contributed by atoms with Crippen LogP contribution in [-0.4, -0.2) is 18.2 Å². The van der Waals surface area contributed by atoms with Crippen LogP contribution in [0.4, 0.5) is 0 Å². The van der Waals surface area contributed by atoms with Gasteiger partial charge < -0.3 is 10.4 Å². The van der Waals surface area contributed by atoms with Crippen molar-refractivity contribution in [2.24, 2.45) is 11.8 Å². The van der Waals surface area contributed by atoms with Gasteiger partial charge in [-0.25, -0.2) is 0 Å². The van der Waals surface area contributed by atoms with Crippen molar-refractivity contribution < 1.29 is 5.11 Å². The van der Waals surface area contributed by atoms with Gasteiger partial charge in [0.1, 0.15) is 5.75 Å². The van der Waals surface area contributed by atoms with Gasteiger partial charge in [-0.05, 0) is 62.3 Å². The molecule has 94 valence electrons. The van der Waals surface area contributed by atoms with Crippen molar-refractivity contribution >= 4 is 0 Å². The number of nitrogens with one attached hydrogen (secondary N) is 1. The number of phenols is 1. The fraction of sp³-hybridized carbons (Fsp3) is 0.600. The average molecular weight is 233 g/mol. The maximum Gasteiger partial charge on any atom is 0.115 e. The first kappa shape index (κ1) is 12.4. The molecule has 1 aromatic carbocycles. The quantitative estimate of drug-likeness (QED) is 0.841. The van der Waals surface area contributed by atoms with E-state index in [0.717, 1.165) is 18.3 Å². The van der Waals surface area contributed by atoms with Gasteiger partial charge in [0.2, 0.25) is 0 Å². The zero-order valence-electron chi connectivity index (χ0n) is 10.8. The van der Waals surface area contributed by atoms with Crippen molar-refractivity contribution in [2.45, 2.75) is 38.6 Å². The molecule has 2 rings (SSSR count). The molecule has 0 aromatic heterocycles. The lowest BCUT2D eigenvalue weighted by atomic mass is 9.76. The highest BCUT2D eigenvalue weighted by molar-refractivity contribution is 5.26. The summed E-state index contributed by atoms with van der Waals surface area (Å²) in [5.41, 5.74) is 1.34. The lowest BCUT2D eigenvalue weighted by Gasteiger charge is -2.35. The predicted octanol–water partition coefficient (Wildman–Crippen LogP) is 2.96. The zero-order chi connectivity index (χ0) is 12.3. The molecule has 0 spiro atoms. The van der Waals surface area contributed by atoms with Crippen LogP contribution in [0.5, 0.6) is 5.75 Å². The van der Waals surface area contributed by atoms with E-state index >= 15 is 0 Å². The Morgan fingerprint density at radius 3 is 2.59 bits per heavy atom. The van der Waals surface area contributed by atoms with Gasteiger partial charge in [0.15, 0.2) is 0 Å². The largest absolute Gasteiger partial charge is 0.508 e. The van der Waals surface area contributed by atoms with E-state index in [2.05, 4.69) is 19.3 Å². The van der Waals surface area contributed by atoms with Crippen LogP contribution in [0.2, 0.25) is 0 Å². The molecule has 0 amide bonds. The smallest absolute Gasteiger partial charge is 0.115 e. The van der Waals surface area contributed by atoms with E-state index in [-0.39, 0.29) is 0 Å². The summed E-state index contributed by atoms with van der Waals surface area (Å²) in [6.07, 6.45) is 5.07. The van der Waals surface area contributed by atoms with Crippen molar-refractivity contribution in [3.05, 3.63) is 29.8 Å². The molecule has 17 heavy (non-hydrogen) atoms. The molecule has 1 saturated carbocycles. The standard InChI is InChI=1S/C15H23NO/c1-11-3-8-15(16-2)13(9-11)10-12-4-6-14(17)7-5-12/h4-7,11,13,15-17H,3,8-10H2,1-2H3. The summed E-state index contributed by atoms with van der Waals surface area (Å²) in [5.74, 6) is 1.94. The molecule has 1 aromatic rings. The Morgan fingerprint density at radius 1 is 1.24 bits per heavy atom. The Morgan fingerprint density at radius 2 is 1.94 bits per heavy atom. The molecule has 3 atom stereocenters. The summed E-state index contributed by atoms with van der Waals surface area (Å²) >= 11 is 0. The Balaban J connectivity index is 2.02. The van der Waals surface area contributed by atoms with Gasteiger partial charge in [0.25, 0.3) is 0 Å². The first-order chi connectivity index (χ1) is 8.19.